The minimum Gasteiger partial charge on any atom is -0.494 e. The van der Waals surface area contributed by atoms with Gasteiger partial charge in [0.05, 0.1) is 24.5 Å². The maximum atomic E-state index is 14.4. The molecule has 2 spiro atoms. The molecule has 1 heterocycles. The Balaban J connectivity index is 1.66. The van der Waals surface area contributed by atoms with E-state index >= 15 is 0 Å². The Hall–Kier alpha value is -3.24. The lowest BCUT2D eigenvalue weighted by Crippen LogP contribution is -2.43. The van der Waals surface area contributed by atoms with Crippen molar-refractivity contribution in [2.75, 3.05) is 14.2 Å². The molecule has 1 atom stereocenters. The number of nitrogens with zero attached hydrogens (tertiary/aromatic N) is 3. The van der Waals surface area contributed by atoms with Gasteiger partial charge in [-0.05, 0) is 73.9 Å². The van der Waals surface area contributed by atoms with Gasteiger partial charge in [-0.2, -0.15) is 5.26 Å². The molecule has 1 fully saturated rings. The third-order valence-electron chi connectivity index (χ3n) is 7.67. The van der Waals surface area contributed by atoms with Crippen molar-refractivity contribution in [1.29, 1.82) is 5.26 Å². The molecule has 0 aromatic heterocycles. The van der Waals surface area contributed by atoms with Gasteiger partial charge in [0.1, 0.15) is 11.9 Å². The molecule has 0 bridgehead atoms. The molecule has 7 heteroatoms. The predicted molar refractivity (Wildman–Crippen MR) is 125 cm³/mol. The maximum absolute atomic E-state index is 14.4. The second-order valence-electron chi connectivity index (χ2n) is 9.28. The Kier molecular flexibility index (Phi) is 5.02. The molecule has 1 saturated carbocycles. The summed E-state index contributed by atoms with van der Waals surface area (Å²) in [5.41, 5.74) is 9.90. The molecule has 2 aromatic carbocycles. The summed E-state index contributed by atoms with van der Waals surface area (Å²) in [7, 11) is 3.17. The highest BCUT2D eigenvalue weighted by atomic mass is 19.1. The van der Waals surface area contributed by atoms with Crippen LogP contribution < -0.4 is 10.5 Å². The van der Waals surface area contributed by atoms with Crippen LogP contribution in [0.15, 0.2) is 40.3 Å². The fourth-order valence-electron chi connectivity index (χ4n) is 5.85. The zero-order valence-electron chi connectivity index (χ0n) is 19.1. The summed E-state index contributed by atoms with van der Waals surface area (Å²) in [6.45, 7) is 1.91. The van der Waals surface area contributed by atoms with Gasteiger partial charge in [0, 0.05) is 18.1 Å². The number of halogens is 1. The fourth-order valence-corrected chi connectivity index (χ4v) is 5.85. The maximum Gasteiger partial charge on any atom is 0.184 e. The molecule has 0 unspecified atom stereocenters. The van der Waals surface area contributed by atoms with Gasteiger partial charge in [-0.25, -0.2) is 9.38 Å². The van der Waals surface area contributed by atoms with Crippen LogP contribution in [0.2, 0.25) is 0 Å². The van der Waals surface area contributed by atoms with Crippen LogP contribution in [0.5, 0.6) is 5.75 Å². The van der Waals surface area contributed by atoms with Gasteiger partial charge in [-0.15, -0.1) is 0 Å². The molecular weight excluding hydrogens is 419 g/mol. The normalized spacial score (nSPS) is 27.9. The van der Waals surface area contributed by atoms with Crippen LogP contribution in [0.4, 0.5) is 4.39 Å². The lowest BCUT2D eigenvalue weighted by molar-refractivity contribution is -0.000372. The average molecular weight is 447 g/mol. The minimum atomic E-state index is -0.757. The molecule has 0 saturated heterocycles. The highest BCUT2D eigenvalue weighted by molar-refractivity contribution is 6.41. The highest BCUT2D eigenvalue weighted by Crippen LogP contribution is 2.62. The number of hydrogen-bond acceptors (Lipinski definition) is 6. The smallest absolute Gasteiger partial charge is 0.184 e. The number of benzene rings is 2. The standard InChI is InChI=1S/C26H27FN4O2/c1-15-24(29)31-26(30-15)21-11-16(18-10-19(14-28)23(27)22(12-18)33-3)4-5-17(21)13-25(26)8-6-20(32-2)7-9-25/h4-5,10-12,20H,6-9,13H2,1-3H3,(H2,29,31)/t20?,25?,26-/m0/s1. The first-order valence-corrected chi connectivity index (χ1v) is 11.2. The van der Waals surface area contributed by atoms with Gasteiger partial charge in [0.25, 0.3) is 0 Å². The molecule has 2 aromatic rings. The summed E-state index contributed by atoms with van der Waals surface area (Å²) in [5, 5.41) is 9.39. The van der Waals surface area contributed by atoms with Crippen molar-refractivity contribution in [3.8, 4) is 22.9 Å². The Labute approximate surface area is 192 Å². The molecular formula is C26H27FN4O2. The number of amidine groups is 1. The topological polar surface area (TPSA) is 93.0 Å². The monoisotopic (exact) mass is 446 g/mol. The number of fused-ring (bicyclic) bond motifs is 3. The summed E-state index contributed by atoms with van der Waals surface area (Å²) >= 11 is 0. The van der Waals surface area contributed by atoms with Crippen molar-refractivity contribution < 1.29 is 13.9 Å². The number of rotatable bonds is 3. The molecule has 3 aliphatic rings. The molecule has 5 rings (SSSR count). The lowest BCUT2D eigenvalue weighted by atomic mass is 9.65. The number of methoxy groups -OCH3 is 2. The molecule has 0 amide bonds. The third kappa shape index (κ3) is 3.08. The zero-order valence-corrected chi connectivity index (χ0v) is 19.1. The molecule has 2 aliphatic carbocycles. The summed E-state index contributed by atoms with van der Waals surface area (Å²) < 4.78 is 25.2. The Morgan fingerprint density at radius 3 is 2.48 bits per heavy atom. The van der Waals surface area contributed by atoms with Crippen LogP contribution in [0, 0.1) is 22.6 Å². The van der Waals surface area contributed by atoms with Crippen LogP contribution in [0.1, 0.15) is 49.3 Å². The second kappa shape index (κ2) is 7.67. The predicted octanol–water partition coefficient (Wildman–Crippen LogP) is 4.49. The molecule has 2 N–H and O–H groups in total. The zero-order chi connectivity index (χ0) is 23.4. The van der Waals surface area contributed by atoms with Crippen molar-refractivity contribution in [2.24, 2.45) is 21.1 Å². The molecule has 6 nitrogen and oxygen atoms in total. The SMILES string of the molecule is COc1cc(-c2ccc3c(c2)[C@@]2(N=C(C)C(N)=N2)C2(CCC(OC)CC2)C3)cc(C#N)c1F. The highest BCUT2D eigenvalue weighted by Gasteiger charge is 2.60. The first-order valence-electron chi connectivity index (χ1n) is 11.2. The summed E-state index contributed by atoms with van der Waals surface area (Å²) in [4.78, 5) is 10.1. The van der Waals surface area contributed by atoms with Gasteiger partial charge >= 0.3 is 0 Å². The third-order valence-corrected chi connectivity index (χ3v) is 7.67. The molecule has 33 heavy (non-hydrogen) atoms. The molecule has 0 radical (unpaired) electrons. The fraction of sp³-hybridized carbons (Fsp3) is 0.423. The second-order valence-corrected chi connectivity index (χ2v) is 9.28. The van der Waals surface area contributed by atoms with Gasteiger partial charge < -0.3 is 15.2 Å². The van der Waals surface area contributed by atoms with E-state index < -0.39 is 11.5 Å². The van der Waals surface area contributed by atoms with Gasteiger partial charge in [0.15, 0.2) is 17.2 Å². The van der Waals surface area contributed by atoms with E-state index in [1.807, 2.05) is 19.1 Å². The van der Waals surface area contributed by atoms with Gasteiger partial charge in [0.2, 0.25) is 0 Å². The van der Waals surface area contributed by atoms with E-state index in [0.717, 1.165) is 48.9 Å². The van der Waals surface area contributed by atoms with Gasteiger partial charge in [-0.3, -0.25) is 4.99 Å². The lowest BCUT2D eigenvalue weighted by Gasteiger charge is -2.44. The Bertz CT molecular complexity index is 1220. The van der Waals surface area contributed by atoms with Crippen LogP contribution >= 0.6 is 0 Å². The number of nitrogens with two attached hydrogens (primary N) is 1. The largest absolute Gasteiger partial charge is 0.494 e. The first-order chi connectivity index (χ1) is 15.9. The quantitative estimate of drug-likeness (QED) is 0.752. The first kappa shape index (κ1) is 21.6. The van der Waals surface area contributed by atoms with Gasteiger partial charge in [-0.1, -0.05) is 12.1 Å². The van der Waals surface area contributed by atoms with Crippen molar-refractivity contribution >= 4 is 11.5 Å². The van der Waals surface area contributed by atoms with Crippen LogP contribution in [-0.4, -0.2) is 31.9 Å². The van der Waals surface area contributed by atoms with E-state index in [9.17, 15) is 9.65 Å². The summed E-state index contributed by atoms with van der Waals surface area (Å²) in [5.74, 6) is -0.119. The van der Waals surface area contributed by atoms with E-state index in [0.29, 0.717) is 11.4 Å². The van der Waals surface area contributed by atoms with Crippen molar-refractivity contribution in [2.45, 2.75) is 50.8 Å². The van der Waals surface area contributed by atoms with E-state index in [4.69, 9.17) is 25.2 Å². The van der Waals surface area contributed by atoms with E-state index in [1.54, 1.807) is 19.2 Å². The van der Waals surface area contributed by atoms with Crippen molar-refractivity contribution in [3.63, 3.8) is 0 Å². The Morgan fingerprint density at radius 1 is 1.12 bits per heavy atom. The number of ether oxygens (including phenoxy) is 2. The Morgan fingerprint density at radius 2 is 1.88 bits per heavy atom. The van der Waals surface area contributed by atoms with Crippen molar-refractivity contribution in [3.05, 3.63) is 52.8 Å². The van der Waals surface area contributed by atoms with E-state index in [2.05, 4.69) is 12.1 Å². The molecule has 1 aliphatic heterocycles. The van der Waals surface area contributed by atoms with Crippen LogP contribution in [-0.2, 0) is 16.8 Å². The van der Waals surface area contributed by atoms with E-state index in [-0.39, 0.29) is 22.8 Å². The molecule has 170 valence electrons. The summed E-state index contributed by atoms with van der Waals surface area (Å²) in [6, 6.07) is 11.3. The minimum absolute atomic E-state index is 0.0469. The summed E-state index contributed by atoms with van der Waals surface area (Å²) in [6.07, 6.45) is 4.96. The van der Waals surface area contributed by atoms with E-state index in [1.165, 1.54) is 12.7 Å². The van der Waals surface area contributed by atoms with Crippen LogP contribution in [0.3, 0.4) is 0 Å². The van der Waals surface area contributed by atoms with Crippen LogP contribution in [0.25, 0.3) is 11.1 Å². The number of nitriles is 1. The van der Waals surface area contributed by atoms with Crippen molar-refractivity contribution in [1.82, 2.24) is 0 Å². The number of aliphatic imine (C=N–C) groups is 2. The average Bonchev–Trinajstić information content (AvgIpc) is 3.27. The number of hydrogen-bond donors (Lipinski definition) is 1.